The Labute approximate surface area is 85.2 Å². The number of hydrogen-bond acceptors (Lipinski definition) is 4. The van der Waals surface area contributed by atoms with E-state index in [0.717, 1.165) is 19.5 Å². The first-order chi connectivity index (χ1) is 6.57. The maximum atomic E-state index is 11.1. The van der Waals surface area contributed by atoms with E-state index in [1.165, 1.54) is 7.05 Å². The maximum Gasteiger partial charge on any atom is 0.212 e. The summed E-state index contributed by atoms with van der Waals surface area (Å²) >= 11 is 0. The second-order valence-electron chi connectivity index (χ2n) is 3.66. The van der Waals surface area contributed by atoms with Gasteiger partial charge >= 0.3 is 0 Å². The van der Waals surface area contributed by atoms with Crippen molar-refractivity contribution in [3.63, 3.8) is 0 Å². The number of aliphatic hydroxyl groups is 1. The van der Waals surface area contributed by atoms with E-state index in [1.807, 2.05) is 0 Å². The van der Waals surface area contributed by atoms with Gasteiger partial charge in [-0.1, -0.05) is 0 Å². The van der Waals surface area contributed by atoms with Crippen molar-refractivity contribution < 1.29 is 13.5 Å². The number of rotatable bonds is 5. The molecule has 0 saturated carbocycles. The number of nitrogens with one attached hydrogen (secondary N) is 1. The number of nitrogens with zero attached hydrogens (tertiary/aromatic N) is 1. The minimum atomic E-state index is -3.09. The van der Waals surface area contributed by atoms with Crippen LogP contribution in [0.1, 0.15) is 6.42 Å². The molecule has 1 saturated heterocycles. The molecule has 0 aromatic carbocycles. The zero-order valence-electron chi connectivity index (χ0n) is 8.44. The van der Waals surface area contributed by atoms with Gasteiger partial charge in [-0.3, -0.25) is 0 Å². The van der Waals surface area contributed by atoms with Crippen molar-refractivity contribution in [1.29, 1.82) is 0 Å². The Hall–Kier alpha value is -0.170. The normalized spacial score (nSPS) is 24.3. The quantitative estimate of drug-likeness (QED) is 0.616. The molecule has 1 unspecified atom stereocenters. The third-order valence-electron chi connectivity index (χ3n) is 2.62. The van der Waals surface area contributed by atoms with Crippen LogP contribution in [0.5, 0.6) is 0 Å². The predicted octanol–water partition coefficient (Wildman–Crippen LogP) is -1.15. The van der Waals surface area contributed by atoms with Gasteiger partial charge in [-0.2, -0.15) is 0 Å². The molecule has 6 heteroatoms. The number of likely N-dealkylation sites (tertiary alicyclic amines) is 1. The Bertz CT molecular complexity index is 266. The lowest BCUT2D eigenvalue weighted by Gasteiger charge is -2.14. The molecule has 0 bridgehead atoms. The van der Waals surface area contributed by atoms with Crippen molar-refractivity contribution in [2.24, 2.45) is 5.92 Å². The molecular weight excluding hydrogens is 204 g/mol. The summed E-state index contributed by atoms with van der Waals surface area (Å²) in [5.41, 5.74) is 0. The van der Waals surface area contributed by atoms with Crippen molar-refractivity contribution in [3.05, 3.63) is 0 Å². The first-order valence-electron chi connectivity index (χ1n) is 4.82. The fraction of sp³-hybridized carbons (Fsp3) is 1.00. The molecule has 0 aromatic heterocycles. The summed E-state index contributed by atoms with van der Waals surface area (Å²) in [6.07, 6.45) is 0.968. The van der Waals surface area contributed by atoms with Gasteiger partial charge in [0.15, 0.2) is 0 Å². The van der Waals surface area contributed by atoms with E-state index in [-0.39, 0.29) is 12.4 Å². The van der Waals surface area contributed by atoms with Crippen LogP contribution in [0, 0.1) is 5.92 Å². The highest BCUT2D eigenvalue weighted by Gasteiger charge is 2.22. The summed E-state index contributed by atoms with van der Waals surface area (Å²) in [4.78, 5) is 2.08. The SMILES string of the molecule is CNS(=O)(=O)CCN1CCC(CO)C1. The van der Waals surface area contributed by atoms with Gasteiger partial charge in [0.05, 0.1) is 5.75 Å². The van der Waals surface area contributed by atoms with Crippen LogP contribution in [-0.2, 0) is 10.0 Å². The van der Waals surface area contributed by atoms with Crippen LogP contribution in [0.4, 0.5) is 0 Å². The van der Waals surface area contributed by atoms with E-state index in [4.69, 9.17) is 5.11 Å². The lowest BCUT2D eigenvalue weighted by atomic mass is 10.1. The Kier molecular flexibility index (Phi) is 4.31. The average Bonchev–Trinajstić information content (AvgIpc) is 2.63. The molecule has 0 aliphatic carbocycles. The second kappa shape index (κ2) is 5.06. The van der Waals surface area contributed by atoms with Gasteiger partial charge in [-0.15, -0.1) is 0 Å². The highest BCUT2D eigenvalue weighted by molar-refractivity contribution is 7.89. The topological polar surface area (TPSA) is 69.6 Å². The van der Waals surface area contributed by atoms with Crippen LogP contribution in [0.25, 0.3) is 0 Å². The van der Waals surface area contributed by atoms with Gasteiger partial charge in [-0.05, 0) is 25.9 Å². The summed E-state index contributed by atoms with van der Waals surface area (Å²) in [5.74, 6) is 0.467. The lowest BCUT2D eigenvalue weighted by molar-refractivity contribution is 0.224. The molecule has 1 atom stereocenters. The third-order valence-corrected chi connectivity index (χ3v) is 3.96. The van der Waals surface area contributed by atoms with Crippen LogP contribution in [0.3, 0.4) is 0 Å². The summed E-state index contributed by atoms with van der Waals surface area (Å²) < 4.78 is 24.5. The van der Waals surface area contributed by atoms with E-state index in [0.29, 0.717) is 12.5 Å². The van der Waals surface area contributed by atoms with Crippen molar-refractivity contribution in [1.82, 2.24) is 9.62 Å². The standard InChI is InChI=1S/C8H18N2O3S/c1-9-14(12,13)5-4-10-3-2-8(6-10)7-11/h8-9,11H,2-7H2,1H3. The number of aliphatic hydroxyl groups excluding tert-OH is 1. The molecule has 0 aromatic rings. The Balaban J connectivity index is 2.27. The fourth-order valence-electron chi connectivity index (χ4n) is 1.62. The first-order valence-corrected chi connectivity index (χ1v) is 6.47. The van der Waals surface area contributed by atoms with Gasteiger partial charge in [0, 0.05) is 19.7 Å². The van der Waals surface area contributed by atoms with Crippen molar-refractivity contribution in [3.8, 4) is 0 Å². The van der Waals surface area contributed by atoms with Crippen LogP contribution in [0.2, 0.25) is 0 Å². The monoisotopic (exact) mass is 222 g/mol. The molecule has 14 heavy (non-hydrogen) atoms. The van der Waals surface area contributed by atoms with E-state index < -0.39 is 10.0 Å². The molecule has 1 heterocycles. The van der Waals surface area contributed by atoms with Gasteiger partial charge in [0.25, 0.3) is 0 Å². The van der Waals surface area contributed by atoms with Crippen LogP contribution < -0.4 is 4.72 Å². The molecule has 0 spiro atoms. The second-order valence-corrected chi connectivity index (χ2v) is 5.71. The maximum absolute atomic E-state index is 11.1. The van der Waals surface area contributed by atoms with Crippen molar-refractivity contribution in [2.45, 2.75) is 6.42 Å². The van der Waals surface area contributed by atoms with Gasteiger partial charge in [0.2, 0.25) is 10.0 Å². The lowest BCUT2D eigenvalue weighted by Crippen LogP contribution is -2.32. The molecule has 5 nitrogen and oxygen atoms in total. The highest BCUT2D eigenvalue weighted by atomic mass is 32.2. The molecule has 1 aliphatic rings. The van der Waals surface area contributed by atoms with Gasteiger partial charge in [-0.25, -0.2) is 13.1 Å². The van der Waals surface area contributed by atoms with E-state index >= 15 is 0 Å². The van der Waals surface area contributed by atoms with Crippen LogP contribution >= 0.6 is 0 Å². The zero-order chi connectivity index (χ0) is 10.6. The summed E-state index contributed by atoms with van der Waals surface area (Å²) in [6.45, 7) is 2.47. The molecule has 0 amide bonds. The van der Waals surface area contributed by atoms with Gasteiger partial charge in [0.1, 0.15) is 0 Å². The average molecular weight is 222 g/mol. The van der Waals surface area contributed by atoms with E-state index in [1.54, 1.807) is 0 Å². The summed E-state index contributed by atoms with van der Waals surface area (Å²) in [6, 6.07) is 0. The third kappa shape index (κ3) is 3.53. The van der Waals surface area contributed by atoms with Crippen molar-refractivity contribution in [2.75, 3.05) is 39.0 Å². The molecule has 1 fully saturated rings. The molecular formula is C8H18N2O3S. The molecule has 1 rings (SSSR count). The molecule has 2 N–H and O–H groups in total. The van der Waals surface area contributed by atoms with Crippen LogP contribution in [-0.4, -0.2) is 57.5 Å². The van der Waals surface area contributed by atoms with E-state index in [2.05, 4.69) is 9.62 Å². The fourth-order valence-corrected chi connectivity index (χ4v) is 2.32. The smallest absolute Gasteiger partial charge is 0.212 e. The van der Waals surface area contributed by atoms with Crippen molar-refractivity contribution >= 4 is 10.0 Å². The minimum absolute atomic E-state index is 0.141. The summed E-state index contributed by atoms with van der Waals surface area (Å²) in [7, 11) is -1.66. The largest absolute Gasteiger partial charge is 0.396 e. The highest BCUT2D eigenvalue weighted by Crippen LogP contribution is 2.14. The zero-order valence-corrected chi connectivity index (χ0v) is 9.26. The molecule has 84 valence electrons. The van der Waals surface area contributed by atoms with Crippen LogP contribution in [0.15, 0.2) is 0 Å². The number of hydrogen-bond donors (Lipinski definition) is 2. The number of sulfonamides is 1. The molecule has 1 aliphatic heterocycles. The molecule has 0 radical (unpaired) electrons. The van der Waals surface area contributed by atoms with Gasteiger partial charge < -0.3 is 10.0 Å². The Morgan fingerprint density at radius 2 is 2.29 bits per heavy atom. The van der Waals surface area contributed by atoms with E-state index in [9.17, 15) is 8.42 Å². The Morgan fingerprint density at radius 3 is 2.79 bits per heavy atom. The first kappa shape index (κ1) is 11.9. The predicted molar refractivity (Wildman–Crippen MR) is 54.5 cm³/mol. The summed E-state index contributed by atoms with van der Waals surface area (Å²) in [5, 5.41) is 8.90. The minimum Gasteiger partial charge on any atom is -0.396 e. The Morgan fingerprint density at radius 1 is 1.57 bits per heavy atom.